The van der Waals surface area contributed by atoms with Crippen LogP contribution in [0.25, 0.3) is 0 Å². The summed E-state index contributed by atoms with van der Waals surface area (Å²) in [5.41, 5.74) is 0. The largest absolute Gasteiger partial charge is 0.466 e. The van der Waals surface area contributed by atoms with Crippen molar-refractivity contribution in [3.63, 3.8) is 0 Å². The minimum atomic E-state index is 0. The zero-order valence-electron chi connectivity index (χ0n) is 8.88. The SMILES string of the molecule is C=C(OCC)OCC.[C-]1=CC=CC1.[Zr]. The molecule has 0 saturated carbocycles. The van der Waals surface area contributed by atoms with Crippen molar-refractivity contribution in [2.75, 3.05) is 13.2 Å². The molecule has 0 heterocycles. The fourth-order valence-corrected chi connectivity index (χ4v) is 0.704. The molecule has 0 aliphatic heterocycles. The summed E-state index contributed by atoms with van der Waals surface area (Å²) in [6.45, 7) is 8.52. The van der Waals surface area contributed by atoms with Crippen LogP contribution in [0.15, 0.2) is 30.8 Å². The Morgan fingerprint density at radius 1 is 1.36 bits per heavy atom. The topological polar surface area (TPSA) is 18.5 Å². The maximum Gasteiger partial charge on any atom is 0.271 e. The summed E-state index contributed by atoms with van der Waals surface area (Å²) in [6.07, 6.45) is 10.0. The molecule has 0 unspecified atom stereocenters. The molecule has 0 aromatic heterocycles. The first-order valence-corrected chi connectivity index (χ1v) is 4.47. The van der Waals surface area contributed by atoms with Crippen LogP contribution in [-0.2, 0) is 35.7 Å². The van der Waals surface area contributed by atoms with Gasteiger partial charge in [0.25, 0.3) is 5.95 Å². The van der Waals surface area contributed by atoms with Crippen LogP contribution in [0.3, 0.4) is 0 Å². The van der Waals surface area contributed by atoms with Crippen LogP contribution < -0.4 is 0 Å². The molecule has 0 radical (unpaired) electrons. The Bertz CT molecular complexity index is 168. The number of hydrogen-bond acceptors (Lipinski definition) is 2. The molecule has 0 amide bonds. The van der Waals surface area contributed by atoms with Crippen LogP contribution >= 0.6 is 0 Å². The molecule has 1 aliphatic carbocycles. The van der Waals surface area contributed by atoms with Gasteiger partial charge in [-0.15, -0.1) is 6.42 Å². The Morgan fingerprint density at radius 3 is 2.14 bits per heavy atom. The first kappa shape index (κ1) is 16.1. The van der Waals surface area contributed by atoms with Gasteiger partial charge >= 0.3 is 0 Å². The monoisotopic (exact) mass is 271 g/mol. The van der Waals surface area contributed by atoms with E-state index in [0.29, 0.717) is 19.2 Å². The molecule has 0 fully saturated rings. The van der Waals surface area contributed by atoms with E-state index in [1.165, 1.54) is 0 Å². The second kappa shape index (κ2) is 12.7. The Hall–Kier alpha value is -0.297. The summed E-state index contributed by atoms with van der Waals surface area (Å²) in [6, 6.07) is 0. The van der Waals surface area contributed by atoms with Crippen molar-refractivity contribution in [2.45, 2.75) is 20.3 Å². The van der Waals surface area contributed by atoms with E-state index in [-0.39, 0.29) is 26.2 Å². The van der Waals surface area contributed by atoms with Crippen LogP contribution in [0.4, 0.5) is 0 Å². The van der Waals surface area contributed by atoms with Crippen LogP contribution in [0.5, 0.6) is 0 Å². The summed E-state index contributed by atoms with van der Waals surface area (Å²) in [4.78, 5) is 0. The smallest absolute Gasteiger partial charge is 0.271 e. The number of hydrogen-bond donors (Lipinski definition) is 0. The molecule has 0 saturated heterocycles. The molecule has 14 heavy (non-hydrogen) atoms. The van der Waals surface area contributed by atoms with Gasteiger partial charge in [-0.2, -0.15) is 6.08 Å². The van der Waals surface area contributed by atoms with Gasteiger partial charge in [0.1, 0.15) is 0 Å². The number of rotatable bonds is 4. The van der Waals surface area contributed by atoms with Crippen molar-refractivity contribution in [3.05, 3.63) is 36.8 Å². The molecular formula is C11H17O2Zr-. The van der Waals surface area contributed by atoms with Crippen molar-refractivity contribution in [1.82, 2.24) is 0 Å². The quantitative estimate of drug-likeness (QED) is 0.579. The summed E-state index contributed by atoms with van der Waals surface area (Å²) in [5.74, 6) is 0.412. The molecule has 0 bridgehead atoms. The van der Waals surface area contributed by atoms with Crippen molar-refractivity contribution in [2.24, 2.45) is 0 Å². The van der Waals surface area contributed by atoms with E-state index in [0.717, 1.165) is 6.42 Å². The predicted octanol–water partition coefficient (Wildman–Crippen LogP) is 2.83. The summed E-state index contributed by atoms with van der Waals surface area (Å²) in [7, 11) is 0. The average Bonchev–Trinajstić information content (AvgIpc) is 2.61. The first-order chi connectivity index (χ1) is 6.31. The van der Waals surface area contributed by atoms with Crippen molar-refractivity contribution >= 4 is 0 Å². The Kier molecular flexibility index (Phi) is 14.6. The summed E-state index contributed by atoms with van der Waals surface area (Å²) in [5, 5.41) is 0. The van der Waals surface area contributed by atoms with E-state index in [9.17, 15) is 0 Å². The third kappa shape index (κ3) is 11.7. The molecule has 0 aromatic carbocycles. The first-order valence-electron chi connectivity index (χ1n) is 4.47. The van der Waals surface area contributed by atoms with E-state index >= 15 is 0 Å². The van der Waals surface area contributed by atoms with Gasteiger partial charge < -0.3 is 9.47 Å². The fourth-order valence-electron chi connectivity index (χ4n) is 0.704. The van der Waals surface area contributed by atoms with Gasteiger partial charge in [0.05, 0.1) is 13.2 Å². The normalized spacial score (nSPS) is 11.0. The Labute approximate surface area is 106 Å². The van der Waals surface area contributed by atoms with Crippen LogP contribution in [-0.4, -0.2) is 13.2 Å². The van der Waals surface area contributed by atoms with Gasteiger partial charge in [0.2, 0.25) is 0 Å². The molecule has 78 valence electrons. The zero-order chi connectivity index (χ0) is 9.94. The van der Waals surface area contributed by atoms with E-state index in [1.54, 1.807) is 0 Å². The van der Waals surface area contributed by atoms with Gasteiger partial charge in [0.15, 0.2) is 0 Å². The van der Waals surface area contributed by atoms with Crippen LogP contribution in [0, 0.1) is 6.08 Å². The molecule has 1 rings (SSSR count). The Balaban J connectivity index is 0. The van der Waals surface area contributed by atoms with E-state index in [1.807, 2.05) is 26.0 Å². The van der Waals surface area contributed by atoms with Gasteiger partial charge in [-0.3, -0.25) is 6.08 Å². The fraction of sp³-hybridized carbons (Fsp3) is 0.455. The van der Waals surface area contributed by atoms with Crippen molar-refractivity contribution < 1.29 is 35.7 Å². The van der Waals surface area contributed by atoms with Crippen molar-refractivity contribution in [3.8, 4) is 0 Å². The second-order valence-electron chi connectivity index (χ2n) is 2.24. The standard InChI is InChI=1S/C6H12O2.C5H5.Zr/c1-4-7-6(3)8-5-2;1-2-4-5-3-1;/h3-5H2,1-2H3;1-3H,4H2;/q;-1;. The molecule has 1 aliphatic rings. The van der Waals surface area contributed by atoms with Crippen molar-refractivity contribution in [1.29, 1.82) is 0 Å². The minimum Gasteiger partial charge on any atom is -0.466 e. The van der Waals surface area contributed by atoms with E-state index in [4.69, 9.17) is 9.47 Å². The van der Waals surface area contributed by atoms with Gasteiger partial charge in [-0.1, -0.05) is 0 Å². The summed E-state index contributed by atoms with van der Waals surface area (Å²) >= 11 is 0. The Morgan fingerprint density at radius 2 is 1.93 bits per heavy atom. The van der Waals surface area contributed by atoms with Crippen LogP contribution in [0.2, 0.25) is 0 Å². The maximum atomic E-state index is 4.87. The molecule has 0 atom stereocenters. The third-order valence-corrected chi connectivity index (χ3v) is 1.20. The maximum absolute atomic E-state index is 4.87. The molecule has 0 aromatic rings. The summed E-state index contributed by atoms with van der Waals surface area (Å²) < 4.78 is 9.73. The molecule has 0 spiro atoms. The van der Waals surface area contributed by atoms with E-state index in [2.05, 4.69) is 18.7 Å². The van der Waals surface area contributed by atoms with Gasteiger partial charge in [-0.25, -0.2) is 12.2 Å². The van der Waals surface area contributed by atoms with Gasteiger partial charge in [0, 0.05) is 26.2 Å². The van der Waals surface area contributed by atoms with E-state index < -0.39 is 0 Å². The van der Waals surface area contributed by atoms with Crippen LogP contribution in [0.1, 0.15) is 20.3 Å². The zero-order valence-corrected chi connectivity index (χ0v) is 11.3. The molecule has 2 nitrogen and oxygen atoms in total. The third-order valence-electron chi connectivity index (χ3n) is 1.20. The predicted molar refractivity (Wildman–Crippen MR) is 54.0 cm³/mol. The molecule has 0 N–H and O–H groups in total. The minimum absolute atomic E-state index is 0. The average molecular weight is 272 g/mol. The number of allylic oxidation sites excluding steroid dienone is 4. The number of ether oxygens (including phenoxy) is 2. The molecular weight excluding hydrogens is 255 g/mol. The van der Waals surface area contributed by atoms with Gasteiger partial charge in [-0.05, 0) is 20.4 Å². The molecule has 3 heteroatoms. The second-order valence-corrected chi connectivity index (χ2v) is 2.24.